The lowest BCUT2D eigenvalue weighted by Crippen LogP contribution is -2.21. The summed E-state index contributed by atoms with van der Waals surface area (Å²) in [4.78, 5) is 15.3. The van der Waals surface area contributed by atoms with Crippen LogP contribution in [0.25, 0.3) is 18.2 Å². The molecular weight excluding hydrogens is 314 g/mol. The van der Waals surface area contributed by atoms with Crippen molar-refractivity contribution in [2.24, 2.45) is 16.5 Å². The lowest BCUT2D eigenvalue weighted by Gasteiger charge is -1.99. The van der Waals surface area contributed by atoms with E-state index in [9.17, 15) is 4.79 Å². The molecule has 0 aliphatic heterocycles. The van der Waals surface area contributed by atoms with Crippen LogP contribution >= 0.6 is 0 Å². The third-order valence-corrected chi connectivity index (χ3v) is 3.23. The van der Waals surface area contributed by atoms with Gasteiger partial charge in [-0.1, -0.05) is 48.6 Å². The summed E-state index contributed by atoms with van der Waals surface area (Å²) in [5, 5.41) is 0. The Kier molecular flexibility index (Phi) is 6.54. The first-order valence-corrected chi connectivity index (χ1v) is 7.89. The zero-order chi connectivity index (χ0) is 18.1. The summed E-state index contributed by atoms with van der Waals surface area (Å²) in [6, 6.07) is 15.4. The topological polar surface area (TPSA) is 90.7 Å². The van der Waals surface area contributed by atoms with Crippen molar-refractivity contribution in [2.75, 3.05) is 6.61 Å². The first-order valence-electron chi connectivity index (χ1n) is 7.89. The van der Waals surface area contributed by atoms with E-state index in [0.29, 0.717) is 12.3 Å². The summed E-state index contributed by atoms with van der Waals surface area (Å²) in [5.74, 6) is -0.306. The summed E-state index contributed by atoms with van der Waals surface area (Å²) in [6.45, 7) is 2.15. The van der Waals surface area contributed by atoms with Crippen LogP contribution in [-0.4, -0.2) is 18.5 Å². The molecule has 0 saturated carbocycles. The molecule has 4 N–H and O–H groups in total. The molecule has 0 aliphatic carbocycles. The molecule has 2 aromatic rings. The van der Waals surface area contributed by atoms with Crippen LogP contribution in [0.2, 0.25) is 0 Å². The summed E-state index contributed by atoms with van der Waals surface area (Å²) < 4.78 is 4.85. The zero-order valence-corrected chi connectivity index (χ0v) is 14.1. The van der Waals surface area contributed by atoms with Crippen molar-refractivity contribution < 1.29 is 9.53 Å². The predicted octanol–water partition coefficient (Wildman–Crippen LogP) is 3.34. The van der Waals surface area contributed by atoms with Gasteiger partial charge in [-0.25, -0.2) is 9.79 Å². The highest BCUT2D eigenvalue weighted by Crippen LogP contribution is 2.16. The molecule has 5 nitrogen and oxygen atoms in total. The van der Waals surface area contributed by atoms with Crippen molar-refractivity contribution in [2.45, 2.75) is 6.92 Å². The second-order valence-electron chi connectivity index (χ2n) is 5.22. The van der Waals surface area contributed by atoms with Crippen molar-refractivity contribution in [3.63, 3.8) is 0 Å². The van der Waals surface area contributed by atoms with Crippen LogP contribution < -0.4 is 11.5 Å². The number of carbonyl (C=O) groups is 1. The first kappa shape index (κ1) is 18.0. The third-order valence-electron chi connectivity index (χ3n) is 3.23. The second kappa shape index (κ2) is 9.08. The number of benzene rings is 2. The van der Waals surface area contributed by atoms with Gasteiger partial charge in [0, 0.05) is 6.08 Å². The normalized spacial score (nSPS) is 10.9. The number of nitrogens with zero attached hydrogens (tertiary/aromatic N) is 1. The molecule has 2 rings (SSSR count). The maximum Gasteiger partial charge on any atom is 0.330 e. The largest absolute Gasteiger partial charge is 0.463 e. The predicted molar refractivity (Wildman–Crippen MR) is 103 cm³/mol. The van der Waals surface area contributed by atoms with Gasteiger partial charge in [0.2, 0.25) is 0 Å². The number of nitrogens with two attached hydrogens (primary N) is 2. The van der Waals surface area contributed by atoms with E-state index in [4.69, 9.17) is 16.2 Å². The Morgan fingerprint density at radius 2 is 1.64 bits per heavy atom. The minimum Gasteiger partial charge on any atom is -0.463 e. The highest BCUT2D eigenvalue weighted by molar-refractivity contribution is 5.87. The van der Waals surface area contributed by atoms with Gasteiger partial charge in [-0.15, -0.1) is 0 Å². The van der Waals surface area contributed by atoms with E-state index in [1.807, 2.05) is 60.7 Å². The smallest absolute Gasteiger partial charge is 0.330 e. The van der Waals surface area contributed by atoms with Crippen molar-refractivity contribution in [3.05, 3.63) is 71.3 Å². The van der Waals surface area contributed by atoms with E-state index >= 15 is 0 Å². The molecule has 0 amide bonds. The third kappa shape index (κ3) is 6.35. The summed E-state index contributed by atoms with van der Waals surface area (Å²) in [7, 11) is 0. The Labute approximate surface area is 147 Å². The van der Waals surface area contributed by atoms with E-state index in [2.05, 4.69) is 4.99 Å². The summed E-state index contributed by atoms with van der Waals surface area (Å²) >= 11 is 0. The van der Waals surface area contributed by atoms with Gasteiger partial charge in [0.25, 0.3) is 0 Å². The van der Waals surface area contributed by atoms with Crippen molar-refractivity contribution in [1.82, 2.24) is 0 Å². The van der Waals surface area contributed by atoms with Gasteiger partial charge in [-0.05, 0) is 41.8 Å². The molecule has 5 heteroatoms. The molecular formula is C20H21N3O2. The zero-order valence-electron chi connectivity index (χ0n) is 14.1. The van der Waals surface area contributed by atoms with Gasteiger partial charge in [-0.3, -0.25) is 0 Å². The van der Waals surface area contributed by atoms with Crippen LogP contribution in [0.15, 0.2) is 59.6 Å². The number of hydrogen-bond donors (Lipinski definition) is 2. The van der Waals surface area contributed by atoms with E-state index in [1.165, 1.54) is 6.08 Å². The number of ether oxygens (including phenoxy) is 1. The Bertz CT molecular complexity index is 802. The van der Waals surface area contributed by atoms with Crippen molar-refractivity contribution in [3.8, 4) is 0 Å². The quantitative estimate of drug-likeness (QED) is 0.278. The number of aliphatic imine (C=N–C) groups is 1. The molecule has 0 radical (unpaired) electrons. The van der Waals surface area contributed by atoms with Crippen LogP contribution in [0.3, 0.4) is 0 Å². The SMILES string of the molecule is CCOC(=O)/C=C/c1ccc(/C=C/c2cccc(N=C(N)N)c2)cc1. The lowest BCUT2D eigenvalue weighted by atomic mass is 10.1. The number of esters is 1. The van der Waals surface area contributed by atoms with Gasteiger partial charge < -0.3 is 16.2 Å². The monoisotopic (exact) mass is 335 g/mol. The molecule has 128 valence electrons. The Hall–Kier alpha value is -3.34. The fraction of sp³-hybridized carbons (Fsp3) is 0.100. The van der Waals surface area contributed by atoms with E-state index in [-0.39, 0.29) is 11.9 Å². The molecule has 0 saturated heterocycles. The Morgan fingerprint density at radius 1 is 1.00 bits per heavy atom. The lowest BCUT2D eigenvalue weighted by molar-refractivity contribution is -0.137. The van der Waals surface area contributed by atoms with Gasteiger partial charge >= 0.3 is 5.97 Å². The Morgan fingerprint density at radius 3 is 2.28 bits per heavy atom. The average Bonchev–Trinajstić information content (AvgIpc) is 2.59. The minimum absolute atomic E-state index is 0.0348. The van der Waals surface area contributed by atoms with Crippen LogP contribution in [-0.2, 0) is 9.53 Å². The van der Waals surface area contributed by atoms with Gasteiger partial charge in [-0.2, -0.15) is 0 Å². The number of hydrogen-bond acceptors (Lipinski definition) is 3. The fourth-order valence-corrected chi connectivity index (χ4v) is 2.11. The highest BCUT2D eigenvalue weighted by Gasteiger charge is 1.95. The number of rotatable bonds is 6. The molecule has 25 heavy (non-hydrogen) atoms. The van der Waals surface area contributed by atoms with Gasteiger partial charge in [0.05, 0.1) is 12.3 Å². The molecule has 0 bridgehead atoms. The van der Waals surface area contributed by atoms with Crippen molar-refractivity contribution in [1.29, 1.82) is 0 Å². The van der Waals surface area contributed by atoms with Crippen LogP contribution in [0.5, 0.6) is 0 Å². The summed E-state index contributed by atoms with van der Waals surface area (Å²) in [6.07, 6.45) is 7.12. The average molecular weight is 335 g/mol. The summed E-state index contributed by atoms with van der Waals surface area (Å²) in [5.41, 5.74) is 14.5. The molecule has 0 unspecified atom stereocenters. The van der Waals surface area contributed by atoms with Gasteiger partial charge in [0.1, 0.15) is 0 Å². The van der Waals surface area contributed by atoms with Crippen LogP contribution in [0.1, 0.15) is 23.6 Å². The molecule has 0 spiro atoms. The fourth-order valence-electron chi connectivity index (χ4n) is 2.11. The second-order valence-corrected chi connectivity index (χ2v) is 5.22. The Balaban J connectivity index is 2.05. The first-order chi connectivity index (χ1) is 12.1. The van der Waals surface area contributed by atoms with E-state index < -0.39 is 0 Å². The van der Waals surface area contributed by atoms with Gasteiger partial charge in [0.15, 0.2) is 5.96 Å². The molecule has 2 aromatic carbocycles. The van der Waals surface area contributed by atoms with Crippen molar-refractivity contribution >= 4 is 35.8 Å². The highest BCUT2D eigenvalue weighted by atomic mass is 16.5. The molecule has 0 aliphatic rings. The standard InChI is InChI=1S/C20H21N3O2/c1-2-25-19(24)13-12-16-8-6-15(7-9-16)10-11-17-4-3-5-18(14-17)23-20(21)22/h3-14H,2H2,1H3,(H4,21,22,23)/b11-10+,13-12+. The maximum atomic E-state index is 11.3. The molecule has 0 fully saturated rings. The molecule has 0 heterocycles. The van der Waals surface area contributed by atoms with E-state index in [0.717, 1.165) is 16.7 Å². The minimum atomic E-state index is -0.341. The maximum absolute atomic E-state index is 11.3. The van der Waals surface area contributed by atoms with Crippen LogP contribution in [0, 0.1) is 0 Å². The number of carbonyl (C=O) groups excluding carboxylic acids is 1. The number of guanidine groups is 1. The van der Waals surface area contributed by atoms with Crippen LogP contribution in [0.4, 0.5) is 5.69 Å². The molecule has 0 aromatic heterocycles. The van der Waals surface area contributed by atoms with E-state index in [1.54, 1.807) is 13.0 Å². The molecule has 0 atom stereocenters.